The molecule has 1 aliphatic carbocycles. The molecule has 0 bridgehead atoms. The maximum Gasteiger partial charge on any atom is 0.311 e. The molecule has 1 aliphatic heterocycles. The van der Waals surface area contributed by atoms with Crippen molar-refractivity contribution in [2.75, 3.05) is 41.0 Å². The number of carbonyl (C=O) groups is 2. The molecule has 1 amide bonds. The van der Waals surface area contributed by atoms with E-state index in [0.29, 0.717) is 36.8 Å². The van der Waals surface area contributed by atoms with Crippen molar-refractivity contribution in [3.63, 3.8) is 0 Å². The van der Waals surface area contributed by atoms with Gasteiger partial charge in [-0.25, -0.2) is 0 Å². The summed E-state index contributed by atoms with van der Waals surface area (Å²) in [6.07, 6.45) is 2.57. The van der Waals surface area contributed by atoms with E-state index in [1.807, 2.05) is 4.90 Å². The molecular weight excluding hydrogens is 400 g/mol. The number of carboxylic acids is 1. The van der Waals surface area contributed by atoms with Gasteiger partial charge in [0.2, 0.25) is 5.91 Å². The Hall–Kier alpha value is -2.19. The van der Waals surface area contributed by atoms with Gasteiger partial charge in [0.25, 0.3) is 0 Å². The van der Waals surface area contributed by atoms with Gasteiger partial charge in [-0.15, -0.1) is 12.4 Å². The Morgan fingerprint density at radius 1 is 1.21 bits per heavy atom. The Morgan fingerprint density at radius 2 is 1.86 bits per heavy atom. The van der Waals surface area contributed by atoms with Crippen LogP contribution in [0.15, 0.2) is 12.1 Å². The Morgan fingerprint density at radius 3 is 2.38 bits per heavy atom. The molecule has 1 aromatic rings. The van der Waals surface area contributed by atoms with Crippen LogP contribution in [0.1, 0.15) is 24.8 Å². The summed E-state index contributed by atoms with van der Waals surface area (Å²) in [4.78, 5) is 26.2. The topological polar surface area (TPSA) is 97.3 Å². The molecule has 1 aromatic carbocycles. The number of benzene rings is 1. The highest BCUT2D eigenvalue weighted by molar-refractivity contribution is 5.85. The highest BCUT2D eigenvalue weighted by atomic mass is 35.5. The molecule has 162 valence electrons. The first kappa shape index (κ1) is 23.1. The largest absolute Gasteiger partial charge is 0.496 e. The molecule has 1 saturated heterocycles. The van der Waals surface area contributed by atoms with Crippen molar-refractivity contribution in [3.05, 3.63) is 17.7 Å². The molecule has 3 rings (SSSR count). The summed E-state index contributed by atoms with van der Waals surface area (Å²) in [6.45, 7) is 1.54. The van der Waals surface area contributed by atoms with Crippen LogP contribution in [0.5, 0.6) is 17.2 Å². The smallest absolute Gasteiger partial charge is 0.311 e. The maximum absolute atomic E-state index is 12.5. The number of hydrogen-bond donors (Lipinski definition) is 2. The monoisotopic (exact) mass is 428 g/mol. The van der Waals surface area contributed by atoms with Crippen LogP contribution in [0, 0.1) is 11.3 Å². The third kappa shape index (κ3) is 4.53. The molecule has 1 saturated carbocycles. The van der Waals surface area contributed by atoms with E-state index < -0.39 is 11.4 Å². The van der Waals surface area contributed by atoms with Crippen LogP contribution < -0.4 is 19.5 Å². The molecule has 0 aromatic heterocycles. The van der Waals surface area contributed by atoms with Crippen molar-refractivity contribution < 1.29 is 28.9 Å². The van der Waals surface area contributed by atoms with E-state index in [9.17, 15) is 14.7 Å². The zero-order valence-corrected chi connectivity index (χ0v) is 17.8. The van der Waals surface area contributed by atoms with E-state index in [0.717, 1.165) is 18.4 Å². The van der Waals surface area contributed by atoms with Crippen molar-refractivity contribution >= 4 is 24.3 Å². The molecule has 9 heteroatoms. The predicted octanol–water partition coefficient (Wildman–Crippen LogP) is 1.94. The lowest BCUT2D eigenvalue weighted by Crippen LogP contribution is -2.39. The number of carboxylic acid groups (broad SMARTS) is 1. The second kappa shape index (κ2) is 9.54. The van der Waals surface area contributed by atoms with Gasteiger partial charge in [-0.1, -0.05) is 6.42 Å². The Balaban J connectivity index is 0.00000300. The van der Waals surface area contributed by atoms with Gasteiger partial charge in [-0.2, -0.15) is 0 Å². The molecule has 1 heterocycles. The average molecular weight is 429 g/mol. The van der Waals surface area contributed by atoms with E-state index in [1.165, 1.54) is 0 Å². The first-order valence-electron chi connectivity index (χ1n) is 9.45. The van der Waals surface area contributed by atoms with Gasteiger partial charge in [0, 0.05) is 25.2 Å². The van der Waals surface area contributed by atoms with Crippen molar-refractivity contribution in [1.29, 1.82) is 0 Å². The fourth-order valence-corrected chi connectivity index (χ4v) is 4.56. The molecule has 29 heavy (non-hydrogen) atoms. The van der Waals surface area contributed by atoms with Gasteiger partial charge < -0.3 is 24.6 Å². The summed E-state index contributed by atoms with van der Waals surface area (Å²) < 4.78 is 16.0. The SMILES string of the molecule is COc1cc(OC)c(CNC(=O)CN2C[C@@H]3CCC[C@@]3(C(=O)O)C2)c(OC)c1.Cl. The minimum absolute atomic E-state index is 0. The van der Waals surface area contributed by atoms with Crippen LogP contribution in [0.3, 0.4) is 0 Å². The minimum atomic E-state index is -0.731. The lowest BCUT2D eigenvalue weighted by molar-refractivity contribution is -0.149. The van der Waals surface area contributed by atoms with Crippen molar-refractivity contribution in [1.82, 2.24) is 10.2 Å². The predicted molar refractivity (Wildman–Crippen MR) is 109 cm³/mol. The van der Waals surface area contributed by atoms with Crippen LogP contribution in [0.4, 0.5) is 0 Å². The van der Waals surface area contributed by atoms with Crippen molar-refractivity contribution in [2.45, 2.75) is 25.8 Å². The Bertz CT molecular complexity index is 733. The third-order valence-electron chi connectivity index (χ3n) is 6.01. The zero-order valence-electron chi connectivity index (χ0n) is 17.0. The van der Waals surface area contributed by atoms with Crippen molar-refractivity contribution in [2.24, 2.45) is 11.3 Å². The van der Waals surface area contributed by atoms with Crippen LogP contribution in [0.25, 0.3) is 0 Å². The van der Waals surface area contributed by atoms with Gasteiger partial charge >= 0.3 is 5.97 Å². The van der Waals surface area contributed by atoms with E-state index >= 15 is 0 Å². The number of fused-ring (bicyclic) bond motifs is 1. The van der Waals surface area contributed by atoms with E-state index in [2.05, 4.69) is 5.32 Å². The summed E-state index contributed by atoms with van der Waals surface area (Å²) in [5.74, 6) is 0.992. The highest BCUT2D eigenvalue weighted by Gasteiger charge is 2.54. The lowest BCUT2D eigenvalue weighted by Gasteiger charge is -2.23. The molecular formula is C20H29ClN2O6. The van der Waals surface area contributed by atoms with Gasteiger partial charge in [0.1, 0.15) is 17.2 Å². The maximum atomic E-state index is 12.5. The zero-order chi connectivity index (χ0) is 20.3. The number of hydrogen-bond acceptors (Lipinski definition) is 6. The number of methoxy groups -OCH3 is 3. The lowest BCUT2D eigenvalue weighted by atomic mass is 9.81. The van der Waals surface area contributed by atoms with Gasteiger partial charge in [-0.05, 0) is 18.8 Å². The summed E-state index contributed by atoms with van der Waals surface area (Å²) in [5, 5.41) is 12.6. The number of ether oxygens (including phenoxy) is 3. The number of amides is 1. The number of likely N-dealkylation sites (tertiary alicyclic amines) is 1. The number of halogens is 1. The molecule has 2 N–H and O–H groups in total. The van der Waals surface area contributed by atoms with E-state index in [-0.39, 0.29) is 37.3 Å². The second-order valence-electron chi connectivity index (χ2n) is 7.51. The standard InChI is InChI=1S/C20H28N2O6.ClH/c1-26-14-7-16(27-2)15(17(8-14)28-3)9-21-18(23)11-22-10-13-5-4-6-20(13,12-22)19(24)25;/h7-8,13H,4-6,9-12H2,1-3H3,(H,21,23)(H,24,25);1H/t13-,20+;/m0./s1. The number of nitrogens with zero attached hydrogens (tertiary/aromatic N) is 1. The van der Waals surface area contributed by atoms with Crippen LogP contribution in [0.2, 0.25) is 0 Å². The van der Waals surface area contributed by atoms with Gasteiger partial charge in [0.05, 0.1) is 45.4 Å². The number of aliphatic carboxylic acids is 1. The Kier molecular flexibility index (Phi) is 7.60. The fraction of sp³-hybridized carbons (Fsp3) is 0.600. The Labute approximate surface area is 176 Å². The highest BCUT2D eigenvalue weighted by Crippen LogP contribution is 2.48. The normalized spacial score (nSPS) is 23.1. The van der Waals surface area contributed by atoms with E-state index in [4.69, 9.17) is 14.2 Å². The fourth-order valence-electron chi connectivity index (χ4n) is 4.56. The summed E-state index contributed by atoms with van der Waals surface area (Å²) in [7, 11) is 4.66. The summed E-state index contributed by atoms with van der Waals surface area (Å²) >= 11 is 0. The minimum Gasteiger partial charge on any atom is -0.496 e. The first-order valence-corrected chi connectivity index (χ1v) is 9.45. The first-order chi connectivity index (χ1) is 13.4. The quantitative estimate of drug-likeness (QED) is 0.653. The molecule has 2 atom stereocenters. The van der Waals surface area contributed by atoms with Crippen LogP contribution in [-0.4, -0.2) is 62.8 Å². The van der Waals surface area contributed by atoms with Gasteiger partial charge in [0.15, 0.2) is 0 Å². The molecule has 2 fully saturated rings. The number of rotatable bonds is 8. The molecule has 8 nitrogen and oxygen atoms in total. The number of nitrogens with one attached hydrogen (secondary N) is 1. The molecule has 0 unspecified atom stereocenters. The van der Waals surface area contributed by atoms with Crippen LogP contribution >= 0.6 is 12.4 Å². The molecule has 2 aliphatic rings. The van der Waals surface area contributed by atoms with Crippen molar-refractivity contribution in [3.8, 4) is 17.2 Å². The van der Waals surface area contributed by atoms with Gasteiger partial charge in [-0.3, -0.25) is 14.5 Å². The molecule has 0 spiro atoms. The molecule has 0 radical (unpaired) electrons. The van der Waals surface area contributed by atoms with E-state index in [1.54, 1.807) is 33.5 Å². The summed E-state index contributed by atoms with van der Waals surface area (Å²) in [5.41, 5.74) is 0.0438. The summed E-state index contributed by atoms with van der Waals surface area (Å²) in [6, 6.07) is 3.48. The second-order valence-corrected chi connectivity index (χ2v) is 7.51. The number of carbonyl (C=O) groups excluding carboxylic acids is 1. The van der Waals surface area contributed by atoms with Crippen LogP contribution in [-0.2, 0) is 16.1 Å². The average Bonchev–Trinajstić information content (AvgIpc) is 3.23. The third-order valence-corrected chi connectivity index (χ3v) is 6.01.